The minimum Gasteiger partial charge on any atom is -0.493 e. The van der Waals surface area contributed by atoms with Gasteiger partial charge in [0, 0.05) is 27.1 Å². The van der Waals surface area contributed by atoms with Gasteiger partial charge in [0.05, 0.1) is 48.8 Å². The Morgan fingerprint density at radius 1 is 1.07 bits per heavy atom. The lowest BCUT2D eigenvalue weighted by Crippen LogP contribution is -2.40. The first-order valence-electron chi connectivity index (χ1n) is 14.2. The van der Waals surface area contributed by atoms with E-state index in [1.165, 1.54) is 23.0 Å². The van der Waals surface area contributed by atoms with E-state index in [1.807, 2.05) is 42.0 Å². The van der Waals surface area contributed by atoms with Gasteiger partial charge in [0.2, 0.25) is 0 Å². The molecule has 44 heavy (non-hydrogen) atoms. The van der Waals surface area contributed by atoms with Crippen molar-refractivity contribution in [3.8, 4) is 11.5 Å². The Kier molecular flexibility index (Phi) is 9.40. The number of para-hydroxylation sites is 1. The molecule has 0 saturated heterocycles. The van der Waals surface area contributed by atoms with Gasteiger partial charge in [-0.25, -0.2) is 9.79 Å². The van der Waals surface area contributed by atoms with Crippen molar-refractivity contribution in [1.82, 2.24) is 9.13 Å². The maximum absolute atomic E-state index is 14.2. The summed E-state index contributed by atoms with van der Waals surface area (Å²) >= 11 is 4.87. The van der Waals surface area contributed by atoms with E-state index in [9.17, 15) is 14.4 Å². The molecule has 5 rings (SSSR count). The van der Waals surface area contributed by atoms with Crippen molar-refractivity contribution in [2.45, 2.75) is 40.3 Å². The second-order valence-corrected chi connectivity index (χ2v) is 11.7. The number of nitrogens with zero attached hydrogens (tertiary/aromatic N) is 3. The highest BCUT2D eigenvalue weighted by Crippen LogP contribution is 2.41. The van der Waals surface area contributed by atoms with Crippen molar-refractivity contribution in [3.63, 3.8) is 0 Å². The van der Waals surface area contributed by atoms with Gasteiger partial charge < -0.3 is 23.5 Å². The van der Waals surface area contributed by atoms with Crippen molar-refractivity contribution in [3.05, 3.63) is 89.2 Å². The van der Waals surface area contributed by atoms with Gasteiger partial charge in [-0.3, -0.25) is 14.2 Å². The largest absolute Gasteiger partial charge is 0.493 e. The van der Waals surface area contributed by atoms with Crippen molar-refractivity contribution in [2.24, 2.45) is 4.99 Å². The van der Waals surface area contributed by atoms with Gasteiger partial charge in [0.15, 0.2) is 16.3 Å². The lowest BCUT2D eigenvalue weighted by Gasteiger charge is -2.26. The summed E-state index contributed by atoms with van der Waals surface area (Å²) in [6, 6.07) is 10.3. The van der Waals surface area contributed by atoms with E-state index < -0.39 is 12.0 Å². The number of hydrogen-bond acceptors (Lipinski definition) is 9. The first-order chi connectivity index (χ1) is 21.2. The third-order valence-corrected chi connectivity index (χ3v) is 8.77. The van der Waals surface area contributed by atoms with Crippen molar-refractivity contribution < 1.29 is 28.5 Å². The zero-order valence-electron chi connectivity index (χ0n) is 25.0. The molecule has 0 bridgehead atoms. The number of methoxy groups -OCH3 is 1. The summed E-state index contributed by atoms with van der Waals surface area (Å²) in [5.41, 5.74) is 2.59. The number of thiazole rings is 1. The lowest BCUT2D eigenvalue weighted by molar-refractivity contribution is -0.143. The van der Waals surface area contributed by atoms with E-state index in [2.05, 4.69) is 20.9 Å². The van der Waals surface area contributed by atoms with E-state index in [-0.39, 0.29) is 36.9 Å². The van der Waals surface area contributed by atoms with Crippen LogP contribution in [0.15, 0.2) is 68.1 Å². The zero-order chi connectivity index (χ0) is 31.5. The number of rotatable bonds is 10. The molecule has 1 aliphatic rings. The summed E-state index contributed by atoms with van der Waals surface area (Å²) in [5, 5.41) is 0.876. The Bertz CT molecular complexity index is 1970. The first kappa shape index (κ1) is 31.3. The molecule has 0 amide bonds. The predicted octanol–water partition coefficient (Wildman–Crippen LogP) is 4.49. The topological polar surface area (TPSA) is 110 Å². The zero-order valence-corrected chi connectivity index (χ0v) is 27.4. The van der Waals surface area contributed by atoms with E-state index in [1.54, 1.807) is 39.0 Å². The van der Waals surface area contributed by atoms with Crippen LogP contribution in [0.2, 0.25) is 0 Å². The molecule has 0 spiro atoms. The van der Waals surface area contributed by atoms with Crippen LogP contribution in [0.25, 0.3) is 17.0 Å². The Labute approximate surface area is 266 Å². The number of ether oxygens (including phenoxy) is 4. The van der Waals surface area contributed by atoms with Crippen LogP contribution in [-0.4, -0.2) is 48.0 Å². The fourth-order valence-electron chi connectivity index (χ4n) is 5.28. The summed E-state index contributed by atoms with van der Waals surface area (Å²) < 4.78 is 26.3. The predicted molar refractivity (Wildman–Crippen MR) is 171 cm³/mol. The van der Waals surface area contributed by atoms with Gasteiger partial charge in [-0.15, -0.1) is 0 Å². The van der Waals surface area contributed by atoms with Gasteiger partial charge in [-0.2, -0.15) is 0 Å². The van der Waals surface area contributed by atoms with E-state index in [0.717, 1.165) is 16.5 Å². The van der Waals surface area contributed by atoms with Crippen molar-refractivity contribution >= 4 is 56.2 Å². The maximum atomic E-state index is 14.2. The Morgan fingerprint density at radius 2 is 1.82 bits per heavy atom. The van der Waals surface area contributed by atoms with Crippen LogP contribution in [0.5, 0.6) is 11.5 Å². The van der Waals surface area contributed by atoms with Crippen LogP contribution >= 0.6 is 27.3 Å². The van der Waals surface area contributed by atoms with Crippen LogP contribution in [-0.2, 0) is 25.6 Å². The van der Waals surface area contributed by atoms with E-state index in [0.29, 0.717) is 43.2 Å². The van der Waals surface area contributed by atoms with Crippen LogP contribution in [0.4, 0.5) is 0 Å². The quantitative estimate of drug-likeness (QED) is 0.227. The number of fused-ring (bicyclic) bond motifs is 2. The van der Waals surface area contributed by atoms with Gasteiger partial charge in [-0.1, -0.05) is 45.5 Å². The number of halogens is 1. The highest BCUT2D eigenvalue weighted by molar-refractivity contribution is 9.10. The monoisotopic (exact) mass is 681 g/mol. The van der Waals surface area contributed by atoms with E-state index in [4.69, 9.17) is 18.9 Å². The average molecular weight is 683 g/mol. The smallest absolute Gasteiger partial charge is 0.338 e. The Morgan fingerprint density at radius 3 is 2.52 bits per heavy atom. The molecule has 2 aromatic carbocycles. The maximum Gasteiger partial charge on any atom is 0.338 e. The normalized spacial score (nSPS) is 14.8. The molecule has 0 fully saturated rings. The van der Waals surface area contributed by atoms with Gasteiger partial charge in [0.25, 0.3) is 5.56 Å². The molecule has 0 unspecified atom stereocenters. The van der Waals surface area contributed by atoms with Gasteiger partial charge >= 0.3 is 11.9 Å². The molecule has 1 aliphatic heterocycles. The standard InChI is InChI=1S/C32H32BrN3O7S/c1-6-41-25-15-22(33)21(14-24(25)40-5)29-28(31(39)43-8-3)18(4)34-32-36(29)30(38)26(44-32)13-19-16-35(17-27(37)42-7-2)23-12-10-9-11-20(19)23/h9-16,29H,6-8,17H2,1-5H3/b26-13+/t29-/m0/s1. The number of esters is 2. The Hall–Kier alpha value is -4.16. The minimum absolute atomic E-state index is 0.0408. The molecule has 0 N–H and O–H groups in total. The highest BCUT2D eigenvalue weighted by atomic mass is 79.9. The van der Waals surface area contributed by atoms with E-state index >= 15 is 0 Å². The first-order valence-corrected chi connectivity index (χ1v) is 15.8. The Balaban J connectivity index is 1.73. The number of hydrogen-bond donors (Lipinski definition) is 0. The number of allylic oxidation sites excluding steroid dienone is 1. The summed E-state index contributed by atoms with van der Waals surface area (Å²) in [6.07, 6.45) is 3.63. The number of aromatic nitrogens is 2. The summed E-state index contributed by atoms with van der Waals surface area (Å²) in [7, 11) is 1.53. The molecule has 230 valence electrons. The van der Waals surface area contributed by atoms with Gasteiger partial charge in [0.1, 0.15) is 6.54 Å². The second-order valence-electron chi connectivity index (χ2n) is 9.79. The number of carbonyl (C=O) groups is 2. The van der Waals surface area contributed by atoms with Crippen LogP contribution in [0, 0.1) is 0 Å². The molecule has 4 aromatic rings. The molecule has 1 atom stereocenters. The molecular weight excluding hydrogens is 650 g/mol. The number of benzene rings is 2. The fraction of sp³-hybridized carbons (Fsp3) is 0.312. The summed E-state index contributed by atoms with van der Waals surface area (Å²) in [5.74, 6) is 0.0717. The number of carbonyl (C=O) groups excluding carboxylic acids is 2. The third kappa shape index (κ3) is 5.83. The molecular formula is C32H32BrN3O7S. The van der Waals surface area contributed by atoms with Crippen molar-refractivity contribution in [1.29, 1.82) is 0 Å². The minimum atomic E-state index is -0.850. The molecule has 2 aromatic heterocycles. The molecule has 10 nitrogen and oxygen atoms in total. The third-order valence-electron chi connectivity index (χ3n) is 7.11. The average Bonchev–Trinajstić information content (AvgIpc) is 3.49. The second kappa shape index (κ2) is 13.2. The molecule has 3 heterocycles. The van der Waals surface area contributed by atoms with Crippen LogP contribution < -0.4 is 24.4 Å². The molecule has 0 saturated carbocycles. The molecule has 0 radical (unpaired) electrons. The van der Waals surface area contributed by atoms with Crippen LogP contribution in [0.3, 0.4) is 0 Å². The summed E-state index contributed by atoms with van der Waals surface area (Å²) in [4.78, 5) is 45.0. The lowest BCUT2D eigenvalue weighted by atomic mass is 9.95. The molecule has 12 heteroatoms. The van der Waals surface area contributed by atoms with Crippen LogP contribution in [0.1, 0.15) is 44.9 Å². The SMILES string of the molecule is CCOC(=O)Cn1cc(/C=c2/sc3n(c2=O)[C@@H](c2cc(OC)c(OCC)cc2Br)C(C(=O)OCC)=C(C)N=3)c2ccccc21. The van der Waals surface area contributed by atoms with Crippen molar-refractivity contribution in [2.75, 3.05) is 26.9 Å². The summed E-state index contributed by atoms with van der Waals surface area (Å²) in [6.45, 7) is 8.03. The molecule has 0 aliphatic carbocycles. The fourth-order valence-corrected chi connectivity index (χ4v) is 6.86. The van der Waals surface area contributed by atoms with Gasteiger partial charge in [-0.05, 0) is 57.5 Å². The highest BCUT2D eigenvalue weighted by Gasteiger charge is 2.35.